The van der Waals surface area contributed by atoms with E-state index in [1.807, 2.05) is 24.3 Å². The van der Waals surface area contributed by atoms with Crippen LogP contribution in [0.3, 0.4) is 0 Å². The Hall–Kier alpha value is -4.16. The zero-order valence-electron chi connectivity index (χ0n) is 22.0. The summed E-state index contributed by atoms with van der Waals surface area (Å²) in [6.07, 6.45) is 2.29. The highest BCUT2D eigenvalue weighted by Gasteiger charge is 2.25. The molecule has 5 rings (SSSR count). The van der Waals surface area contributed by atoms with Crippen LogP contribution >= 0.6 is 22.9 Å². The molecule has 0 bridgehead atoms. The van der Waals surface area contributed by atoms with E-state index in [1.165, 1.54) is 22.2 Å². The first-order valence-electron chi connectivity index (χ1n) is 12.4. The molecule has 4 aromatic rings. The topological polar surface area (TPSA) is 136 Å². The summed E-state index contributed by atoms with van der Waals surface area (Å²) in [6.45, 7) is 5.65. The first-order chi connectivity index (χ1) is 19.1. The van der Waals surface area contributed by atoms with Gasteiger partial charge in [-0.05, 0) is 50.6 Å². The van der Waals surface area contributed by atoms with Crippen LogP contribution < -0.4 is 26.2 Å². The monoisotopic (exact) mass is 582 g/mol. The maximum Gasteiger partial charge on any atom is 0.413 e. The van der Waals surface area contributed by atoms with Crippen molar-refractivity contribution in [3.05, 3.63) is 74.7 Å². The van der Waals surface area contributed by atoms with Crippen LogP contribution in [-0.4, -0.2) is 38.7 Å². The molecule has 0 saturated carbocycles. The number of rotatable bonds is 6. The minimum absolute atomic E-state index is 0.196. The first-order valence-corrected chi connectivity index (χ1v) is 13.6. The average Bonchev–Trinajstić information content (AvgIpc) is 3.33. The first kappa shape index (κ1) is 27.4. The van der Waals surface area contributed by atoms with E-state index in [-0.39, 0.29) is 36.6 Å². The SMILES string of the molecule is CC(C)(C)OC(=O)Nc1nccc2sc(CNC(=O)Cn3cnc4c(c3=O)N[C@H](c3ccc(Cl)cc3)CO4)cc12. The Morgan fingerprint density at radius 2 is 2.00 bits per heavy atom. The normalized spacial score (nSPS) is 14.6. The molecule has 4 heterocycles. The van der Waals surface area contributed by atoms with Crippen molar-refractivity contribution in [3.63, 3.8) is 0 Å². The number of benzene rings is 1. The molecule has 0 fully saturated rings. The maximum absolute atomic E-state index is 13.1. The second-order valence-electron chi connectivity index (χ2n) is 10.1. The minimum atomic E-state index is -0.640. The number of carbonyl (C=O) groups excluding carboxylic acids is 2. The lowest BCUT2D eigenvalue weighted by Gasteiger charge is -2.26. The number of nitrogens with one attached hydrogen (secondary N) is 3. The van der Waals surface area contributed by atoms with Gasteiger partial charge >= 0.3 is 6.09 Å². The third kappa shape index (κ3) is 6.35. The number of halogens is 1. The lowest BCUT2D eigenvalue weighted by atomic mass is 10.1. The van der Waals surface area contributed by atoms with Crippen molar-refractivity contribution in [2.45, 2.75) is 45.5 Å². The van der Waals surface area contributed by atoms with Crippen LogP contribution in [0.2, 0.25) is 5.02 Å². The molecule has 208 valence electrons. The van der Waals surface area contributed by atoms with E-state index < -0.39 is 17.3 Å². The van der Waals surface area contributed by atoms with E-state index in [0.29, 0.717) is 17.4 Å². The summed E-state index contributed by atoms with van der Waals surface area (Å²) in [7, 11) is 0. The molecular formula is C27H27ClN6O5S. The summed E-state index contributed by atoms with van der Waals surface area (Å²) in [4.78, 5) is 47.4. The number of hydrogen-bond acceptors (Lipinski definition) is 9. The van der Waals surface area contributed by atoms with Crippen molar-refractivity contribution in [3.8, 4) is 5.88 Å². The fourth-order valence-electron chi connectivity index (χ4n) is 4.07. The third-order valence-corrected chi connectivity index (χ3v) is 7.22. The van der Waals surface area contributed by atoms with Gasteiger partial charge in [-0.15, -0.1) is 11.3 Å². The van der Waals surface area contributed by atoms with Gasteiger partial charge in [-0.1, -0.05) is 23.7 Å². The van der Waals surface area contributed by atoms with Gasteiger partial charge in [0.25, 0.3) is 5.56 Å². The van der Waals surface area contributed by atoms with E-state index in [9.17, 15) is 14.4 Å². The van der Waals surface area contributed by atoms with Gasteiger partial charge in [-0.2, -0.15) is 0 Å². The van der Waals surface area contributed by atoms with Crippen molar-refractivity contribution in [2.75, 3.05) is 17.2 Å². The Morgan fingerprint density at radius 3 is 2.75 bits per heavy atom. The summed E-state index contributed by atoms with van der Waals surface area (Å²) in [6, 6.07) is 10.7. The smallest absolute Gasteiger partial charge is 0.413 e. The Bertz CT molecular complexity index is 1630. The molecule has 0 spiro atoms. The van der Waals surface area contributed by atoms with Gasteiger partial charge < -0.3 is 20.1 Å². The molecule has 3 N–H and O–H groups in total. The Balaban J connectivity index is 1.23. The van der Waals surface area contributed by atoms with E-state index in [2.05, 4.69) is 25.9 Å². The van der Waals surface area contributed by atoms with Crippen molar-refractivity contribution in [2.24, 2.45) is 0 Å². The fourth-order valence-corrected chi connectivity index (χ4v) is 5.20. The molecule has 0 radical (unpaired) electrons. The highest BCUT2D eigenvalue weighted by Crippen LogP contribution is 2.31. The number of aromatic nitrogens is 3. The Morgan fingerprint density at radius 1 is 1.23 bits per heavy atom. The number of carbonyl (C=O) groups is 2. The van der Waals surface area contributed by atoms with Crippen LogP contribution in [0, 0.1) is 0 Å². The van der Waals surface area contributed by atoms with E-state index >= 15 is 0 Å². The predicted octanol–water partition coefficient (Wildman–Crippen LogP) is 4.72. The fraction of sp³-hybridized carbons (Fsp3) is 0.296. The van der Waals surface area contributed by atoms with Gasteiger partial charge in [-0.25, -0.2) is 14.8 Å². The molecule has 3 aromatic heterocycles. The minimum Gasteiger partial charge on any atom is -0.473 e. The van der Waals surface area contributed by atoms with Gasteiger partial charge in [-0.3, -0.25) is 19.5 Å². The molecule has 1 aliphatic rings. The highest BCUT2D eigenvalue weighted by atomic mass is 35.5. The van der Waals surface area contributed by atoms with Gasteiger partial charge in [0.1, 0.15) is 30.9 Å². The number of anilines is 2. The number of amides is 2. The molecule has 0 saturated heterocycles. The number of thiophene rings is 1. The summed E-state index contributed by atoms with van der Waals surface area (Å²) in [5.41, 5.74) is 0.0535. The standard InChI is InChI=1S/C27H27ClN6O5S/c1-27(2,3)39-26(37)33-23-18-10-17(40-20(18)8-9-29-23)11-30-21(35)12-34-14-31-24-22(25(34)36)32-19(13-38-24)15-4-6-16(28)7-5-15/h4-10,14,19,32H,11-13H2,1-3H3,(H,30,35)(H,29,33,37)/t19-/m0/s1. The molecule has 1 atom stereocenters. The molecule has 1 aliphatic heterocycles. The molecule has 11 nitrogen and oxygen atoms in total. The highest BCUT2D eigenvalue weighted by molar-refractivity contribution is 7.19. The average molecular weight is 583 g/mol. The summed E-state index contributed by atoms with van der Waals surface area (Å²) in [5.74, 6) is 0.206. The van der Waals surface area contributed by atoms with Crippen LogP contribution in [-0.2, 0) is 22.6 Å². The van der Waals surface area contributed by atoms with Crippen molar-refractivity contribution in [1.82, 2.24) is 19.9 Å². The van der Waals surface area contributed by atoms with Gasteiger partial charge in [0.05, 0.1) is 12.6 Å². The van der Waals surface area contributed by atoms with Gasteiger partial charge in [0.15, 0.2) is 5.69 Å². The lowest BCUT2D eigenvalue weighted by Crippen LogP contribution is -2.36. The Labute approximate surface area is 238 Å². The van der Waals surface area contributed by atoms with Crippen molar-refractivity contribution < 1.29 is 19.1 Å². The van der Waals surface area contributed by atoms with Crippen LogP contribution in [0.4, 0.5) is 16.3 Å². The second kappa shape index (κ2) is 11.1. The van der Waals surface area contributed by atoms with E-state index in [0.717, 1.165) is 20.5 Å². The second-order valence-corrected chi connectivity index (χ2v) is 11.7. The van der Waals surface area contributed by atoms with Crippen LogP contribution in [0.1, 0.15) is 37.3 Å². The van der Waals surface area contributed by atoms with E-state index in [1.54, 1.807) is 39.1 Å². The molecule has 2 amide bonds. The summed E-state index contributed by atoms with van der Waals surface area (Å²) in [5, 5.41) is 10.0. The van der Waals surface area contributed by atoms with Gasteiger partial charge in [0, 0.05) is 26.2 Å². The lowest BCUT2D eigenvalue weighted by molar-refractivity contribution is -0.121. The number of fused-ring (bicyclic) bond motifs is 2. The quantitative estimate of drug-likeness (QED) is 0.297. The predicted molar refractivity (Wildman–Crippen MR) is 153 cm³/mol. The van der Waals surface area contributed by atoms with Crippen LogP contribution in [0.15, 0.2) is 53.7 Å². The largest absolute Gasteiger partial charge is 0.473 e. The van der Waals surface area contributed by atoms with Crippen molar-refractivity contribution in [1.29, 1.82) is 0 Å². The molecule has 0 aliphatic carbocycles. The summed E-state index contributed by atoms with van der Waals surface area (Å²) >= 11 is 7.44. The maximum atomic E-state index is 13.1. The van der Waals surface area contributed by atoms with Gasteiger partial charge in [0.2, 0.25) is 11.8 Å². The van der Waals surface area contributed by atoms with Crippen LogP contribution in [0.25, 0.3) is 10.1 Å². The number of ether oxygens (including phenoxy) is 2. The molecule has 40 heavy (non-hydrogen) atoms. The number of nitrogens with zero attached hydrogens (tertiary/aromatic N) is 3. The molecule has 1 aromatic carbocycles. The molecular weight excluding hydrogens is 556 g/mol. The molecule has 13 heteroatoms. The Kier molecular flexibility index (Phi) is 7.63. The van der Waals surface area contributed by atoms with E-state index in [4.69, 9.17) is 21.1 Å². The zero-order chi connectivity index (χ0) is 28.4. The van der Waals surface area contributed by atoms with Crippen molar-refractivity contribution >= 4 is 56.5 Å². The van der Waals surface area contributed by atoms with Crippen LogP contribution in [0.5, 0.6) is 5.88 Å². The summed E-state index contributed by atoms with van der Waals surface area (Å²) < 4.78 is 13.1. The molecule has 0 unspecified atom stereocenters. The number of pyridine rings is 1. The number of hydrogen-bond donors (Lipinski definition) is 3. The zero-order valence-corrected chi connectivity index (χ0v) is 23.6. The third-order valence-electron chi connectivity index (χ3n) is 5.87.